The highest BCUT2D eigenvalue weighted by molar-refractivity contribution is 5.24. The van der Waals surface area contributed by atoms with Crippen molar-refractivity contribution in [3.05, 3.63) is 35.6 Å². The standard InChI is InChI=1S/C14H23FN2/c1-11(16)7-8-17-10-14(2,3)12-5-4-6-13(15)9-12/h4-6,9,11,17H,7-8,10,16H2,1-3H3. The van der Waals surface area contributed by atoms with Crippen molar-refractivity contribution in [3.63, 3.8) is 0 Å². The number of nitrogens with two attached hydrogens (primary N) is 1. The maximum atomic E-state index is 13.2. The van der Waals surface area contributed by atoms with E-state index in [-0.39, 0.29) is 17.3 Å². The van der Waals surface area contributed by atoms with Crippen LogP contribution in [0, 0.1) is 5.82 Å². The predicted molar refractivity (Wildman–Crippen MR) is 70.6 cm³/mol. The molecule has 3 heteroatoms. The number of hydrogen-bond acceptors (Lipinski definition) is 2. The van der Waals surface area contributed by atoms with Gasteiger partial charge in [0.05, 0.1) is 0 Å². The van der Waals surface area contributed by atoms with Gasteiger partial charge in [0.15, 0.2) is 0 Å². The molecule has 0 bridgehead atoms. The van der Waals surface area contributed by atoms with Gasteiger partial charge in [-0.15, -0.1) is 0 Å². The Kier molecular flexibility index (Phi) is 5.09. The summed E-state index contributed by atoms with van der Waals surface area (Å²) < 4.78 is 13.2. The molecule has 1 aromatic carbocycles. The fraction of sp³-hybridized carbons (Fsp3) is 0.571. The fourth-order valence-corrected chi connectivity index (χ4v) is 1.74. The van der Waals surface area contributed by atoms with Gasteiger partial charge in [-0.2, -0.15) is 0 Å². The molecule has 17 heavy (non-hydrogen) atoms. The monoisotopic (exact) mass is 238 g/mol. The third-order valence-corrected chi connectivity index (χ3v) is 2.95. The van der Waals surface area contributed by atoms with E-state index >= 15 is 0 Å². The zero-order valence-electron chi connectivity index (χ0n) is 11.0. The van der Waals surface area contributed by atoms with E-state index in [1.807, 2.05) is 13.0 Å². The van der Waals surface area contributed by atoms with Gasteiger partial charge < -0.3 is 11.1 Å². The van der Waals surface area contributed by atoms with Crippen molar-refractivity contribution in [1.82, 2.24) is 5.32 Å². The first-order valence-electron chi connectivity index (χ1n) is 6.14. The Morgan fingerprint density at radius 3 is 2.71 bits per heavy atom. The van der Waals surface area contributed by atoms with Crippen molar-refractivity contribution >= 4 is 0 Å². The lowest BCUT2D eigenvalue weighted by Gasteiger charge is -2.26. The van der Waals surface area contributed by atoms with Crippen molar-refractivity contribution in [2.24, 2.45) is 5.73 Å². The highest BCUT2D eigenvalue weighted by atomic mass is 19.1. The van der Waals surface area contributed by atoms with Crippen LogP contribution >= 0.6 is 0 Å². The van der Waals surface area contributed by atoms with Crippen LogP contribution in [-0.4, -0.2) is 19.1 Å². The number of rotatable bonds is 6. The Labute approximate surface area is 103 Å². The molecule has 1 unspecified atom stereocenters. The zero-order valence-corrected chi connectivity index (χ0v) is 11.0. The third kappa shape index (κ3) is 4.84. The lowest BCUT2D eigenvalue weighted by molar-refractivity contribution is 0.456. The van der Waals surface area contributed by atoms with Crippen LogP contribution in [-0.2, 0) is 5.41 Å². The summed E-state index contributed by atoms with van der Waals surface area (Å²) in [4.78, 5) is 0. The average molecular weight is 238 g/mol. The van der Waals surface area contributed by atoms with E-state index < -0.39 is 0 Å². The van der Waals surface area contributed by atoms with Crippen LogP contribution in [0.4, 0.5) is 4.39 Å². The molecule has 1 rings (SSSR count). The summed E-state index contributed by atoms with van der Waals surface area (Å²) in [6.07, 6.45) is 0.958. The molecule has 1 aromatic rings. The molecule has 0 radical (unpaired) electrons. The summed E-state index contributed by atoms with van der Waals surface area (Å²) in [7, 11) is 0. The summed E-state index contributed by atoms with van der Waals surface area (Å²) in [5, 5.41) is 3.37. The SMILES string of the molecule is CC(N)CCNCC(C)(C)c1cccc(F)c1. The zero-order chi connectivity index (χ0) is 12.9. The third-order valence-electron chi connectivity index (χ3n) is 2.95. The smallest absolute Gasteiger partial charge is 0.123 e. The highest BCUT2D eigenvalue weighted by Gasteiger charge is 2.20. The second-order valence-corrected chi connectivity index (χ2v) is 5.34. The quantitative estimate of drug-likeness (QED) is 0.747. The number of benzene rings is 1. The Bertz CT molecular complexity index is 348. The maximum Gasteiger partial charge on any atom is 0.123 e. The predicted octanol–water partition coefficient (Wildman–Crippen LogP) is 2.43. The van der Waals surface area contributed by atoms with Gasteiger partial charge in [-0.1, -0.05) is 26.0 Å². The molecule has 0 saturated carbocycles. The maximum absolute atomic E-state index is 13.2. The van der Waals surface area contributed by atoms with Crippen LogP contribution < -0.4 is 11.1 Å². The first-order chi connectivity index (χ1) is 7.92. The van der Waals surface area contributed by atoms with Crippen molar-refractivity contribution in [2.45, 2.75) is 38.6 Å². The van der Waals surface area contributed by atoms with Gasteiger partial charge in [-0.05, 0) is 37.6 Å². The van der Waals surface area contributed by atoms with Crippen LogP contribution in [0.1, 0.15) is 32.8 Å². The minimum atomic E-state index is -0.175. The van der Waals surface area contributed by atoms with Crippen LogP contribution in [0.25, 0.3) is 0 Å². The molecule has 0 aliphatic carbocycles. The normalized spacial score (nSPS) is 13.7. The van der Waals surface area contributed by atoms with Crippen molar-refractivity contribution in [2.75, 3.05) is 13.1 Å². The van der Waals surface area contributed by atoms with E-state index in [0.29, 0.717) is 0 Å². The molecule has 0 amide bonds. The largest absolute Gasteiger partial charge is 0.328 e. The van der Waals surface area contributed by atoms with E-state index in [2.05, 4.69) is 19.2 Å². The van der Waals surface area contributed by atoms with Crippen LogP contribution in [0.5, 0.6) is 0 Å². The van der Waals surface area contributed by atoms with E-state index in [1.165, 1.54) is 6.07 Å². The molecule has 1 atom stereocenters. The Morgan fingerprint density at radius 1 is 1.41 bits per heavy atom. The Hall–Kier alpha value is -0.930. The number of halogens is 1. The highest BCUT2D eigenvalue weighted by Crippen LogP contribution is 2.22. The van der Waals surface area contributed by atoms with E-state index in [4.69, 9.17) is 5.73 Å². The molecule has 0 aliphatic rings. The Balaban J connectivity index is 2.50. The molecule has 3 N–H and O–H groups in total. The van der Waals surface area contributed by atoms with Crippen molar-refractivity contribution < 1.29 is 4.39 Å². The summed E-state index contributed by atoms with van der Waals surface area (Å²) in [5.74, 6) is -0.175. The summed E-state index contributed by atoms with van der Waals surface area (Å²) >= 11 is 0. The lowest BCUT2D eigenvalue weighted by Crippen LogP contribution is -2.35. The summed E-state index contributed by atoms with van der Waals surface area (Å²) in [5.41, 5.74) is 6.63. The fourth-order valence-electron chi connectivity index (χ4n) is 1.74. The minimum absolute atomic E-state index is 0.0695. The van der Waals surface area contributed by atoms with Crippen LogP contribution in [0.2, 0.25) is 0 Å². The van der Waals surface area contributed by atoms with Crippen LogP contribution in [0.3, 0.4) is 0 Å². The molecule has 0 saturated heterocycles. The number of nitrogens with one attached hydrogen (secondary N) is 1. The summed E-state index contributed by atoms with van der Waals surface area (Å²) in [6.45, 7) is 7.94. The number of hydrogen-bond donors (Lipinski definition) is 2. The van der Waals surface area contributed by atoms with Gasteiger partial charge in [0.2, 0.25) is 0 Å². The molecule has 0 aliphatic heterocycles. The summed E-state index contributed by atoms with van der Waals surface area (Å²) in [6, 6.07) is 7.03. The second-order valence-electron chi connectivity index (χ2n) is 5.34. The van der Waals surface area contributed by atoms with Crippen LogP contribution in [0.15, 0.2) is 24.3 Å². The molecule has 0 heterocycles. The van der Waals surface area contributed by atoms with Gasteiger partial charge >= 0.3 is 0 Å². The average Bonchev–Trinajstić information content (AvgIpc) is 2.24. The molecule has 0 spiro atoms. The molecule has 0 aromatic heterocycles. The molecular weight excluding hydrogens is 215 g/mol. The van der Waals surface area contributed by atoms with Gasteiger partial charge in [-0.25, -0.2) is 4.39 Å². The second kappa shape index (κ2) is 6.12. The van der Waals surface area contributed by atoms with E-state index in [0.717, 1.165) is 25.1 Å². The van der Waals surface area contributed by atoms with Crippen molar-refractivity contribution in [1.29, 1.82) is 0 Å². The van der Waals surface area contributed by atoms with Gasteiger partial charge in [0.25, 0.3) is 0 Å². The molecule has 96 valence electrons. The molecule has 2 nitrogen and oxygen atoms in total. The van der Waals surface area contributed by atoms with Gasteiger partial charge in [-0.3, -0.25) is 0 Å². The first kappa shape index (κ1) is 14.1. The lowest BCUT2D eigenvalue weighted by atomic mass is 9.84. The Morgan fingerprint density at radius 2 is 2.12 bits per heavy atom. The van der Waals surface area contributed by atoms with Crippen molar-refractivity contribution in [3.8, 4) is 0 Å². The van der Waals surface area contributed by atoms with Gasteiger partial charge in [0.1, 0.15) is 5.82 Å². The molecular formula is C14H23FN2. The minimum Gasteiger partial charge on any atom is -0.328 e. The molecule has 0 fully saturated rings. The van der Waals surface area contributed by atoms with Gasteiger partial charge in [0, 0.05) is 18.0 Å². The topological polar surface area (TPSA) is 38.0 Å². The van der Waals surface area contributed by atoms with E-state index in [9.17, 15) is 4.39 Å². The first-order valence-corrected chi connectivity index (χ1v) is 6.14. The van der Waals surface area contributed by atoms with E-state index in [1.54, 1.807) is 12.1 Å².